The summed E-state index contributed by atoms with van der Waals surface area (Å²) >= 11 is 0. The van der Waals surface area contributed by atoms with Gasteiger partial charge < -0.3 is 28.9 Å². The van der Waals surface area contributed by atoms with Gasteiger partial charge in [-0.3, -0.25) is 0 Å². The number of halogens is 2. The fourth-order valence-corrected chi connectivity index (χ4v) is 3.80. The predicted octanol–water partition coefficient (Wildman–Crippen LogP) is 3.51. The number of allylic oxidation sites excluding steroid dienone is 2. The molecule has 1 amide bonds. The molecule has 36 heavy (non-hydrogen) atoms. The molecule has 9 nitrogen and oxygen atoms in total. The van der Waals surface area contributed by atoms with Crippen molar-refractivity contribution in [1.29, 1.82) is 0 Å². The van der Waals surface area contributed by atoms with Crippen LogP contribution in [0.15, 0.2) is 47.8 Å². The van der Waals surface area contributed by atoms with Gasteiger partial charge in [-0.15, -0.1) is 0 Å². The van der Waals surface area contributed by atoms with Gasteiger partial charge in [0.25, 0.3) is 0 Å². The van der Waals surface area contributed by atoms with Crippen LogP contribution < -0.4 is 9.80 Å². The lowest BCUT2D eigenvalue weighted by Crippen LogP contribution is -2.50. The van der Waals surface area contributed by atoms with Crippen LogP contribution in [0.5, 0.6) is 0 Å². The van der Waals surface area contributed by atoms with E-state index in [0.717, 1.165) is 31.3 Å². The summed E-state index contributed by atoms with van der Waals surface area (Å²) in [7, 11) is 2.28. The van der Waals surface area contributed by atoms with Gasteiger partial charge in [0.2, 0.25) is 0 Å². The van der Waals surface area contributed by atoms with Crippen molar-refractivity contribution >= 4 is 29.4 Å². The van der Waals surface area contributed by atoms with Gasteiger partial charge in [0.05, 0.1) is 25.5 Å². The molecule has 2 aliphatic rings. The van der Waals surface area contributed by atoms with Gasteiger partial charge in [-0.05, 0) is 32.9 Å². The molecule has 0 aliphatic carbocycles. The van der Waals surface area contributed by atoms with E-state index >= 15 is 8.78 Å². The van der Waals surface area contributed by atoms with Crippen LogP contribution in [0, 0.1) is 11.6 Å². The second-order valence-electron chi connectivity index (χ2n) is 9.03. The number of benzene rings is 1. The summed E-state index contributed by atoms with van der Waals surface area (Å²) in [6, 6.07) is 2.12. The highest BCUT2D eigenvalue weighted by Gasteiger charge is 2.31. The number of nitrogens with zero attached hydrogens (tertiary/aromatic N) is 3. The number of hydrogen-bond donors (Lipinski definition) is 0. The van der Waals surface area contributed by atoms with Crippen LogP contribution in [0.25, 0.3) is 0 Å². The third-order valence-electron chi connectivity index (χ3n) is 5.42. The first-order chi connectivity index (χ1) is 17.0. The average Bonchev–Trinajstić information content (AvgIpc) is 3.05. The minimum Gasteiger partial charge on any atom is -0.465 e. The SMILES string of the molecule is COC(=O)C1=C(C(=O)OC)N(c2cc(F)c(N3CCN(C(=O)OC(C)(C)C)CC3)c(F)c2)C=CC=C1. The Labute approximate surface area is 208 Å². The van der Waals surface area contributed by atoms with Crippen molar-refractivity contribution in [1.82, 2.24) is 4.90 Å². The molecule has 0 radical (unpaired) electrons. The van der Waals surface area contributed by atoms with Crippen LogP contribution in [-0.4, -0.2) is 68.9 Å². The summed E-state index contributed by atoms with van der Waals surface area (Å²) in [6.45, 7) is 6.13. The van der Waals surface area contributed by atoms with Crippen LogP contribution >= 0.6 is 0 Å². The van der Waals surface area contributed by atoms with E-state index in [1.54, 1.807) is 20.8 Å². The third kappa shape index (κ3) is 5.84. The normalized spacial score (nSPS) is 16.1. The number of carbonyl (C=O) groups excluding carboxylic acids is 3. The molecular weight excluding hydrogens is 476 g/mol. The topological polar surface area (TPSA) is 88.6 Å². The first kappa shape index (κ1) is 26.7. The number of carbonyl (C=O) groups is 3. The van der Waals surface area contributed by atoms with Crippen LogP contribution in [-0.2, 0) is 23.8 Å². The lowest BCUT2D eigenvalue weighted by Gasteiger charge is -2.37. The Kier molecular flexibility index (Phi) is 8.01. The third-order valence-corrected chi connectivity index (χ3v) is 5.42. The molecule has 0 unspecified atom stereocenters. The van der Waals surface area contributed by atoms with Crippen LogP contribution in [0.4, 0.5) is 25.0 Å². The predicted molar refractivity (Wildman–Crippen MR) is 128 cm³/mol. The van der Waals surface area contributed by atoms with E-state index in [9.17, 15) is 14.4 Å². The average molecular weight is 506 g/mol. The Morgan fingerprint density at radius 2 is 1.47 bits per heavy atom. The number of ether oxygens (including phenoxy) is 3. The fourth-order valence-electron chi connectivity index (χ4n) is 3.80. The Bertz CT molecular complexity index is 1110. The van der Waals surface area contributed by atoms with Gasteiger partial charge >= 0.3 is 18.0 Å². The Morgan fingerprint density at radius 3 is 2.00 bits per heavy atom. The molecule has 2 heterocycles. The van der Waals surface area contributed by atoms with Gasteiger partial charge in [0.1, 0.15) is 17.0 Å². The Morgan fingerprint density at radius 1 is 0.889 bits per heavy atom. The highest BCUT2D eigenvalue weighted by molar-refractivity contribution is 6.05. The van der Waals surface area contributed by atoms with E-state index in [4.69, 9.17) is 14.2 Å². The summed E-state index contributed by atoms with van der Waals surface area (Å²) in [4.78, 5) is 41.3. The minimum absolute atomic E-state index is 0.0390. The fraction of sp³-hybridized carbons (Fsp3) is 0.400. The largest absolute Gasteiger partial charge is 0.465 e. The van der Waals surface area contributed by atoms with Crippen molar-refractivity contribution < 1.29 is 37.4 Å². The van der Waals surface area contributed by atoms with Crippen molar-refractivity contribution in [3.05, 3.63) is 59.5 Å². The van der Waals surface area contributed by atoms with Crippen molar-refractivity contribution in [3.63, 3.8) is 0 Å². The molecule has 0 N–H and O–H groups in total. The monoisotopic (exact) mass is 505 g/mol. The molecule has 1 fully saturated rings. The molecular formula is C25H29F2N3O6. The Balaban J connectivity index is 1.89. The van der Waals surface area contributed by atoms with Gasteiger partial charge in [0.15, 0.2) is 11.6 Å². The van der Waals surface area contributed by atoms with E-state index in [-0.39, 0.29) is 48.8 Å². The van der Waals surface area contributed by atoms with E-state index in [1.165, 1.54) is 34.2 Å². The van der Waals surface area contributed by atoms with Crippen molar-refractivity contribution in [2.24, 2.45) is 0 Å². The van der Waals surface area contributed by atoms with Crippen molar-refractivity contribution in [2.45, 2.75) is 26.4 Å². The van der Waals surface area contributed by atoms with Gasteiger partial charge in [-0.2, -0.15) is 0 Å². The second-order valence-corrected chi connectivity index (χ2v) is 9.03. The first-order valence-corrected chi connectivity index (χ1v) is 11.2. The smallest absolute Gasteiger partial charge is 0.410 e. The lowest BCUT2D eigenvalue weighted by atomic mass is 10.1. The van der Waals surface area contributed by atoms with Gasteiger partial charge in [-0.25, -0.2) is 23.2 Å². The maximum atomic E-state index is 15.3. The zero-order chi connectivity index (χ0) is 26.6. The summed E-state index contributed by atoms with van der Waals surface area (Å²) < 4.78 is 45.5. The number of anilines is 2. The van der Waals surface area contributed by atoms with Crippen molar-refractivity contribution in [3.8, 4) is 0 Å². The van der Waals surface area contributed by atoms with Gasteiger partial charge in [0, 0.05) is 44.5 Å². The number of methoxy groups -OCH3 is 2. The van der Waals surface area contributed by atoms with E-state index < -0.39 is 35.3 Å². The molecule has 11 heteroatoms. The zero-order valence-corrected chi connectivity index (χ0v) is 20.8. The highest BCUT2D eigenvalue weighted by atomic mass is 19.1. The van der Waals surface area contributed by atoms with Crippen molar-refractivity contribution in [2.75, 3.05) is 50.2 Å². The minimum atomic E-state index is -0.894. The molecule has 1 aromatic rings. The van der Waals surface area contributed by atoms with Crippen LogP contribution in [0.2, 0.25) is 0 Å². The quantitative estimate of drug-likeness (QED) is 0.454. The number of hydrogen-bond acceptors (Lipinski definition) is 8. The molecule has 3 rings (SSSR count). The number of esters is 2. The maximum Gasteiger partial charge on any atom is 0.410 e. The standard InChI is InChI=1S/C25H29F2N3O6/c1-25(2,3)36-24(33)29-12-10-28(11-13-29)21-18(26)14-16(15-19(21)27)30-9-7-6-8-17(22(31)34-4)20(30)23(32)35-5/h6-9,14-15H,10-13H2,1-5H3. The Hall–Kier alpha value is -3.89. The summed E-state index contributed by atoms with van der Waals surface area (Å²) in [5, 5.41) is 0. The van der Waals surface area contributed by atoms with E-state index in [1.807, 2.05) is 0 Å². The molecule has 0 saturated carbocycles. The molecule has 0 bridgehead atoms. The molecule has 194 valence electrons. The summed E-state index contributed by atoms with van der Waals surface area (Å²) in [6.07, 6.45) is 5.23. The number of piperazine rings is 1. The highest BCUT2D eigenvalue weighted by Crippen LogP contribution is 2.33. The number of amides is 1. The number of rotatable bonds is 4. The second kappa shape index (κ2) is 10.8. The lowest BCUT2D eigenvalue weighted by molar-refractivity contribution is -0.139. The summed E-state index contributed by atoms with van der Waals surface area (Å²) in [5.41, 5.74) is -1.34. The molecule has 0 spiro atoms. The maximum absolute atomic E-state index is 15.3. The molecule has 1 saturated heterocycles. The van der Waals surface area contributed by atoms with E-state index in [2.05, 4.69) is 0 Å². The first-order valence-electron chi connectivity index (χ1n) is 11.2. The summed E-state index contributed by atoms with van der Waals surface area (Å²) in [5.74, 6) is -3.45. The molecule has 0 aromatic heterocycles. The van der Waals surface area contributed by atoms with Crippen LogP contribution in [0.3, 0.4) is 0 Å². The van der Waals surface area contributed by atoms with E-state index in [0.29, 0.717) is 0 Å². The molecule has 1 aromatic carbocycles. The molecule has 2 aliphatic heterocycles. The zero-order valence-electron chi connectivity index (χ0n) is 20.8. The van der Waals surface area contributed by atoms with Crippen LogP contribution in [0.1, 0.15) is 20.8 Å². The van der Waals surface area contributed by atoms with Gasteiger partial charge in [-0.1, -0.05) is 6.08 Å². The molecule has 0 atom stereocenters.